The van der Waals surface area contributed by atoms with Crippen molar-refractivity contribution < 1.29 is 9.84 Å². The molecule has 4 nitrogen and oxygen atoms in total. The molecule has 2 aromatic rings. The summed E-state index contributed by atoms with van der Waals surface area (Å²) < 4.78 is 7.37. The number of hydrogen-bond acceptors (Lipinski definition) is 3. The van der Waals surface area contributed by atoms with E-state index in [0.717, 1.165) is 18.8 Å². The molecule has 0 atom stereocenters. The van der Waals surface area contributed by atoms with Crippen LogP contribution in [0.1, 0.15) is 17.8 Å². The molecule has 0 amide bonds. The number of hydrogen-bond donors (Lipinski definition) is 1. The van der Waals surface area contributed by atoms with E-state index in [1.807, 2.05) is 37.3 Å². The van der Waals surface area contributed by atoms with Crippen LogP contribution in [0, 0.1) is 6.92 Å². The second-order valence-electron chi connectivity index (χ2n) is 4.21. The van der Waals surface area contributed by atoms with E-state index in [2.05, 4.69) is 4.98 Å². The van der Waals surface area contributed by atoms with Crippen LogP contribution in [0.2, 0.25) is 0 Å². The summed E-state index contributed by atoms with van der Waals surface area (Å²) in [6.07, 6.45) is 2.33. The maximum absolute atomic E-state index is 9.53. The highest BCUT2D eigenvalue weighted by atomic mass is 16.5. The molecule has 2 rings (SSSR count). The van der Waals surface area contributed by atoms with Crippen molar-refractivity contribution in [3.8, 4) is 5.88 Å². The van der Waals surface area contributed by atoms with Crippen LogP contribution in [0.4, 0.5) is 0 Å². The zero-order chi connectivity index (χ0) is 12.8. The third kappa shape index (κ3) is 3.34. The molecule has 4 heteroatoms. The number of aryl methyl sites for hydroxylation is 1. The molecule has 0 fully saturated rings. The fraction of sp³-hybridized carbons (Fsp3) is 0.357. The molecule has 1 N–H and O–H groups in total. The Morgan fingerprint density at radius 3 is 2.72 bits per heavy atom. The van der Waals surface area contributed by atoms with Gasteiger partial charge in [-0.05, 0) is 18.9 Å². The topological polar surface area (TPSA) is 47.3 Å². The van der Waals surface area contributed by atoms with Gasteiger partial charge in [0.25, 0.3) is 0 Å². The standard InChI is InChI=1S/C14H18N2O2/c1-12-15-10-14(17)16(12)8-5-9-18-11-13-6-3-2-4-7-13/h2-4,6-7,10,17H,5,8-9,11H2,1H3. The Kier molecular flexibility index (Phi) is 4.36. The second kappa shape index (κ2) is 6.21. The highest BCUT2D eigenvalue weighted by Crippen LogP contribution is 2.11. The van der Waals surface area contributed by atoms with E-state index in [1.165, 1.54) is 11.8 Å². The monoisotopic (exact) mass is 246 g/mol. The van der Waals surface area contributed by atoms with Gasteiger partial charge in [-0.1, -0.05) is 30.3 Å². The average molecular weight is 246 g/mol. The first kappa shape index (κ1) is 12.6. The largest absolute Gasteiger partial charge is 0.493 e. The molecule has 1 aromatic heterocycles. The van der Waals surface area contributed by atoms with Crippen molar-refractivity contribution in [3.05, 3.63) is 47.9 Å². The zero-order valence-corrected chi connectivity index (χ0v) is 10.5. The Labute approximate surface area is 107 Å². The van der Waals surface area contributed by atoms with E-state index >= 15 is 0 Å². The number of ether oxygens (including phenoxy) is 1. The van der Waals surface area contributed by atoms with Crippen molar-refractivity contribution >= 4 is 0 Å². The molecule has 0 spiro atoms. The van der Waals surface area contributed by atoms with Crippen LogP contribution in [0.5, 0.6) is 5.88 Å². The molecule has 0 unspecified atom stereocenters. The molecule has 0 saturated heterocycles. The van der Waals surface area contributed by atoms with E-state index in [4.69, 9.17) is 4.74 Å². The summed E-state index contributed by atoms with van der Waals surface area (Å²) in [5.74, 6) is 1.05. The number of nitrogens with zero attached hydrogens (tertiary/aromatic N) is 2. The number of rotatable bonds is 6. The molecule has 0 aliphatic heterocycles. The van der Waals surface area contributed by atoms with Crippen molar-refractivity contribution in [2.45, 2.75) is 26.5 Å². The molecule has 96 valence electrons. The molecule has 1 heterocycles. The Morgan fingerprint density at radius 2 is 2.06 bits per heavy atom. The van der Waals surface area contributed by atoms with E-state index in [-0.39, 0.29) is 5.88 Å². The molecule has 0 bridgehead atoms. The minimum Gasteiger partial charge on any atom is -0.493 e. The van der Waals surface area contributed by atoms with Gasteiger partial charge in [0.05, 0.1) is 12.8 Å². The maximum Gasteiger partial charge on any atom is 0.211 e. The van der Waals surface area contributed by atoms with Gasteiger partial charge in [-0.15, -0.1) is 0 Å². The van der Waals surface area contributed by atoms with Crippen LogP contribution in [0.15, 0.2) is 36.5 Å². The highest BCUT2D eigenvalue weighted by molar-refractivity contribution is 5.13. The smallest absolute Gasteiger partial charge is 0.211 e. The molecule has 0 saturated carbocycles. The lowest BCUT2D eigenvalue weighted by atomic mass is 10.2. The van der Waals surface area contributed by atoms with Crippen LogP contribution < -0.4 is 0 Å². The molecule has 18 heavy (non-hydrogen) atoms. The molecular formula is C14H18N2O2. The second-order valence-corrected chi connectivity index (χ2v) is 4.21. The Bertz CT molecular complexity index is 460. The Balaban J connectivity index is 1.68. The fourth-order valence-corrected chi connectivity index (χ4v) is 1.82. The third-order valence-corrected chi connectivity index (χ3v) is 2.82. The van der Waals surface area contributed by atoms with Crippen molar-refractivity contribution in [2.75, 3.05) is 6.61 Å². The normalized spacial score (nSPS) is 10.7. The molecule has 0 aliphatic carbocycles. The molecule has 0 aliphatic rings. The van der Waals surface area contributed by atoms with Gasteiger partial charge in [0.2, 0.25) is 5.88 Å². The Morgan fingerprint density at radius 1 is 1.28 bits per heavy atom. The van der Waals surface area contributed by atoms with E-state index in [1.54, 1.807) is 4.57 Å². The van der Waals surface area contributed by atoms with Gasteiger partial charge in [0, 0.05) is 13.2 Å². The summed E-state index contributed by atoms with van der Waals surface area (Å²) >= 11 is 0. The summed E-state index contributed by atoms with van der Waals surface area (Å²) in [6, 6.07) is 10.1. The minimum atomic E-state index is 0.218. The van der Waals surface area contributed by atoms with Crippen molar-refractivity contribution in [3.63, 3.8) is 0 Å². The lowest BCUT2D eigenvalue weighted by molar-refractivity contribution is 0.115. The predicted molar refractivity (Wildman–Crippen MR) is 69.3 cm³/mol. The molecule has 1 aromatic carbocycles. The fourth-order valence-electron chi connectivity index (χ4n) is 1.82. The van der Waals surface area contributed by atoms with Crippen LogP contribution in [-0.2, 0) is 17.9 Å². The van der Waals surface area contributed by atoms with Gasteiger partial charge >= 0.3 is 0 Å². The number of imidazole rings is 1. The summed E-state index contributed by atoms with van der Waals surface area (Å²) in [4.78, 5) is 4.03. The van der Waals surface area contributed by atoms with Gasteiger partial charge < -0.3 is 9.84 Å². The van der Waals surface area contributed by atoms with Crippen LogP contribution in [-0.4, -0.2) is 21.3 Å². The van der Waals surface area contributed by atoms with Gasteiger partial charge in [0.1, 0.15) is 5.82 Å². The quantitative estimate of drug-likeness (QED) is 0.797. The maximum atomic E-state index is 9.53. The van der Waals surface area contributed by atoms with Crippen molar-refractivity contribution in [1.82, 2.24) is 9.55 Å². The third-order valence-electron chi connectivity index (χ3n) is 2.82. The summed E-state index contributed by atoms with van der Waals surface area (Å²) in [6.45, 7) is 3.92. The highest BCUT2D eigenvalue weighted by Gasteiger charge is 2.03. The predicted octanol–water partition coefficient (Wildman–Crippen LogP) is 2.50. The van der Waals surface area contributed by atoms with Crippen LogP contribution in [0.25, 0.3) is 0 Å². The average Bonchev–Trinajstić information content (AvgIpc) is 2.71. The Hall–Kier alpha value is -1.81. The van der Waals surface area contributed by atoms with E-state index in [9.17, 15) is 5.11 Å². The van der Waals surface area contributed by atoms with E-state index < -0.39 is 0 Å². The summed E-state index contributed by atoms with van der Waals surface area (Å²) in [5, 5.41) is 9.53. The zero-order valence-electron chi connectivity index (χ0n) is 10.5. The lowest BCUT2D eigenvalue weighted by Gasteiger charge is -2.07. The first-order chi connectivity index (χ1) is 8.77. The number of benzene rings is 1. The summed E-state index contributed by atoms with van der Waals surface area (Å²) in [5.41, 5.74) is 1.18. The van der Waals surface area contributed by atoms with Crippen molar-refractivity contribution in [1.29, 1.82) is 0 Å². The summed E-state index contributed by atoms with van der Waals surface area (Å²) in [7, 11) is 0. The van der Waals surface area contributed by atoms with Crippen molar-refractivity contribution in [2.24, 2.45) is 0 Å². The number of aromatic hydroxyl groups is 1. The SMILES string of the molecule is Cc1ncc(O)n1CCCOCc1ccccc1. The van der Waals surface area contributed by atoms with Crippen LogP contribution in [0.3, 0.4) is 0 Å². The first-order valence-electron chi connectivity index (χ1n) is 6.10. The van der Waals surface area contributed by atoms with Gasteiger partial charge in [-0.25, -0.2) is 4.98 Å². The van der Waals surface area contributed by atoms with Gasteiger partial charge in [-0.3, -0.25) is 4.57 Å². The van der Waals surface area contributed by atoms with E-state index in [0.29, 0.717) is 13.2 Å². The van der Waals surface area contributed by atoms with Gasteiger partial charge in [-0.2, -0.15) is 0 Å². The first-order valence-corrected chi connectivity index (χ1v) is 6.10. The number of aromatic nitrogens is 2. The molecular weight excluding hydrogens is 228 g/mol. The van der Waals surface area contributed by atoms with Gasteiger partial charge in [0.15, 0.2) is 0 Å². The minimum absolute atomic E-state index is 0.218. The molecule has 0 radical (unpaired) electrons. The lowest BCUT2D eigenvalue weighted by Crippen LogP contribution is -2.04. The van der Waals surface area contributed by atoms with Crippen LogP contribution >= 0.6 is 0 Å².